The second kappa shape index (κ2) is 9.91. The molecule has 1 amide bonds. The zero-order chi connectivity index (χ0) is 26.4. The summed E-state index contributed by atoms with van der Waals surface area (Å²) in [6.45, 7) is 2.35. The molecule has 1 aromatic rings. The van der Waals surface area contributed by atoms with E-state index >= 15 is 0 Å². The van der Waals surface area contributed by atoms with Crippen molar-refractivity contribution in [2.75, 3.05) is 40.0 Å². The van der Waals surface area contributed by atoms with Gasteiger partial charge in [-0.1, -0.05) is 5.16 Å². The third-order valence-corrected chi connectivity index (χ3v) is 8.44. The van der Waals surface area contributed by atoms with Gasteiger partial charge in [0.2, 0.25) is 11.9 Å². The molecule has 4 heterocycles. The van der Waals surface area contributed by atoms with E-state index in [-0.39, 0.29) is 49.1 Å². The maximum Gasteiger partial charge on any atom is 0.417 e. The van der Waals surface area contributed by atoms with E-state index in [1.54, 1.807) is 16.9 Å². The number of likely N-dealkylation sites (tertiary alicyclic amines) is 1. The van der Waals surface area contributed by atoms with Gasteiger partial charge in [0.1, 0.15) is 0 Å². The first-order valence-electron chi connectivity index (χ1n) is 12.6. The monoisotopic (exact) mass is 526 g/mol. The highest BCUT2D eigenvalue weighted by Crippen LogP contribution is 2.50. The molecule has 0 spiro atoms. The Labute approximate surface area is 212 Å². The van der Waals surface area contributed by atoms with Crippen molar-refractivity contribution < 1.29 is 32.6 Å². The van der Waals surface area contributed by atoms with E-state index in [1.165, 1.54) is 0 Å². The number of amides is 1. The molecule has 13 heteroatoms. The van der Waals surface area contributed by atoms with Gasteiger partial charge in [-0.15, -0.1) is 0 Å². The molecule has 5 rings (SSSR count). The number of nitrogens with zero attached hydrogens (tertiary/aromatic N) is 4. The molecule has 1 aliphatic carbocycles. The van der Waals surface area contributed by atoms with Gasteiger partial charge < -0.3 is 35.5 Å². The minimum absolute atomic E-state index is 0.0435. The molecule has 5 atom stereocenters. The molecule has 4 N–H and O–H groups in total. The molecule has 5 unspecified atom stereocenters. The fraction of sp³-hybridized carbons (Fsp3) is 0.708. The SMILES string of the molecule is COC1COCCC1NC1CC2CN(C(N)=NO)CC2(C(=O)N2CCc3ncc(C(F)(F)F)cc3C2)C1. The van der Waals surface area contributed by atoms with E-state index in [9.17, 15) is 23.2 Å². The van der Waals surface area contributed by atoms with E-state index in [0.717, 1.165) is 25.1 Å². The number of fused-ring (bicyclic) bond motifs is 2. The van der Waals surface area contributed by atoms with Gasteiger partial charge in [-0.2, -0.15) is 13.2 Å². The van der Waals surface area contributed by atoms with Crippen LogP contribution in [0.2, 0.25) is 0 Å². The van der Waals surface area contributed by atoms with E-state index in [1.807, 2.05) is 0 Å². The summed E-state index contributed by atoms with van der Waals surface area (Å²) in [6, 6.07) is 1.26. The Morgan fingerprint density at radius 2 is 2.22 bits per heavy atom. The number of ether oxygens (including phenoxy) is 2. The molecule has 37 heavy (non-hydrogen) atoms. The predicted octanol–water partition coefficient (Wildman–Crippen LogP) is 1.16. The number of hydrogen-bond acceptors (Lipinski definition) is 7. The normalized spacial score (nSPS) is 32.4. The van der Waals surface area contributed by atoms with E-state index < -0.39 is 17.2 Å². The van der Waals surface area contributed by atoms with Crippen LogP contribution in [-0.4, -0.2) is 90.0 Å². The molecule has 2 saturated heterocycles. The van der Waals surface area contributed by atoms with Crippen LogP contribution in [0.25, 0.3) is 0 Å². The molecule has 4 aliphatic rings. The summed E-state index contributed by atoms with van der Waals surface area (Å²) in [5.74, 6) is -0.203. The molecule has 3 aliphatic heterocycles. The smallest absolute Gasteiger partial charge is 0.408 e. The summed E-state index contributed by atoms with van der Waals surface area (Å²) >= 11 is 0. The average Bonchev–Trinajstić information content (AvgIpc) is 3.41. The molecular weight excluding hydrogens is 493 g/mol. The minimum atomic E-state index is -4.50. The lowest BCUT2D eigenvalue weighted by atomic mass is 9.78. The highest BCUT2D eigenvalue weighted by Gasteiger charge is 2.59. The van der Waals surface area contributed by atoms with Gasteiger partial charge in [-0.25, -0.2) is 0 Å². The number of aromatic nitrogens is 1. The van der Waals surface area contributed by atoms with E-state index in [4.69, 9.17) is 15.2 Å². The number of pyridine rings is 1. The van der Waals surface area contributed by atoms with Crippen molar-refractivity contribution in [2.45, 2.75) is 56.6 Å². The summed E-state index contributed by atoms with van der Waals surface area (Å²) in [5.41, 5.74) is 5.30. The number of hydrogen-bond donors (Lipinski definition) is 3. The number of methoxy groups -OCH3 is 1. The van der Waals surface area contributed by atoms with Crippen molar-refractivity contribution in [1.82, 2.24) is 20.1 Å². The van der Waals surface area contributed by atoms with Crippen molar-refractivity contribution in [1.29, 1.82) is 0 Å². The number of rotatable bonds is 4. The summed E-state index contributed by atoms with van der Waals surface area (Å²) in [5, 5.41) is 16.1. The Bertz CT molecular complexity index is 1060. The molecule has 204 valence electrons. The van der Waals surface area contributed by atoms with Crippen LogP contribution in [0.5, 0.6) is 0 Å². The first-order chi connectivity index (χ1) is 17.6. The highest BCUT2D eigenvalue weighted by atomic mass is 19.4. The molecule has 10 nitrogen and oxygen atoms in total. The van der Waals surface area contributed by atoms with E-state index in [0.29, 0.717) is 50.4 Å². The Kier molecular flexibility index (Phi) is 6.96. The van der Waals surface area contributed by atoms with Crippen LogP contribution < -0.4 is 11.1 Å². The average molecular weight is 527 g/mol. The van der Waals surface area contributed by atoms with Crippen molar-refractivity contribution in [3.8, 4) is 0 Å². The van der Waals surface area contributed by atoms with Gasteiger partial charge in [0.25, 0.3) is 0 Å². The maximum absolute atomic E-state index is 14.2. The molecule has 1 saturated carbocycles. The third-order valence-electron chi connectivity index (χ3n) is 8.44. The van der Waals surface area contributed by atoms with Crippen molar-refractivity contribution in [3.05, 3.63) is 29.1 Å². The molecule has 3 fully saturated rings. The van der Waals surface area contributed by atoms with E-state index in [2.05, 4.69) is 15.5 Å². The molecular formula is C24H33F3N6O4. The van der Waals surface area contributed by atoms with Gasteiger partial charge in [-0.05, 0) is 36.8 Å². The van der Waals surface area contributed by atoms with Gasteiger partial charge >= 0.3 is 6.18 Å². The van der Waals surface area contributed by atoms with Gasteiger partial charge in [0.15, 0.2) is 0 Å². The van der Waals surface area contributed by atoms with Crippen LogP contribution in [0, 0.1) is 11.3 Å². The number of guanidine groups is 1. The Balaban J connectivity index is 1.37. The molecule has 0 aromatic carbocycles. The van der Waals surface area contributed by atoms with Crippen molar-refractivity contribution in [2.24, 2.45) is 22.2 Å². The maximum atomic E-state index is 14.2. The fourth-order valence-electron chi connectivity index (χ4n) is 6.57. The Morgan fingerprint density at radius 1 is 1.41 bits per heavy atom. The first kappa shape index (κ1) is 26.0. The van der Waals surface area contributed by atoms with Crippen molar-refractivity contribution >= 4 is 11.9 Å². The number of nitrogens with two attached hydrogens (primary N) is 1. The number of carbonyl (C=O) groups excluding carboxylic acids is 1. The summed E-state index contributed by atoms with van der Waals surface area (Å²) < 4.78 is 51.0. The van der Waals surface area contributed by atoms with Crippen molar-refractivity contribution in [3.63, 3.8) is 0 Å². The summed E-state index contributed by atoms with van der Waals surface area (Å²) in [6.07, 6.45) is -1.27. The van der Waals surface area contributed by atoms with Crippen LogP contribution in [0.15, 0.2) is 17.4 Å². The number of halogens is 3. The van der Waals surface area contributed by atoms with Crippen LogP contribution >= 0.6 is 0 Å². The lowest BCUT2D eigenvalue weighted by molar-refractivity contribution is -0.143. The zero-order valence-electron chi connectivity index (χ0n) is 20.7. The summed E-state index contributed by atoms with van der Waals surface area (Å²) in [7, 11) is 1.66. The van der Waals surface area contributed by atoms with Gasteiger partial charge in [0, 0.05) is 70.3 Å². The standard InChI is InChI=1S/C24H33F3N6O4/c1-36-20-12-37-5-3-19(20)30-17-7-16-11-33(22(28)31-35)13-23(16,8-17)21(34)32-4-2-18-14(10-32)6-15(9-29-18)24(25,26)27/h6,9,16-17,19-20,30,35H,2-5,7-8,10-13H2,1H3,(H2,28,31). The Morgan fingerprint density at radius 3 is 2.95 bits per heavy atom. The lowest BCUT2D eigenvalue weighted by Gasteiger charge is -2.37. The highest BCUT2D eigenvalue weighted by molar-refractivity contribution is 5.87. The topological polar surface area (TPSA) is 126 Å². The van der Waals surface area contributed by atoms with Crippen LogP contribution in [0.1, 0.15) is 36.1 Å². The van der Waals surface area contributed by atoms with Crippen LogP contribution in [0.4, 0.5) is 13.2 Å². The lowest BCUT2D eigenvalue weighted by Crippen LogP contribution is -2.52. The first-order valence-corrected chi connectivity index (χ1v) is 12.6. The molecule has 1 aromatic heterocycles. The van der Waals surface area contributed by atoms with Crippen LogP contribution in [0.3, 0.4) is 0 Å². The second-order valence-corrected chi connectivity index (χ2v) is 10.5. The predicted molar refractivity (Wildman–Crippen MR) is 125 cm³/mol. The quantitative estimate of drug-likeness (QED) is 0.231. The summed E-state index contributed by atoms with van der Waals surface area (Å²) in [4.78, 5) is 21.5. The third kappa shape index (κ3) is 4.84. The molecule has 0 radical (unpaired) electrons. The number of oxime groups is 1. The Hall–Kier alpha value is -2.64. The fourth-order valence-corrected chi connectivity index (χ4v) is 6.57. The second-order valence-electron chi connectivity index (χ2n) is 10.5. The largest absolute Gasteiger partial charge is 0.417 e. The number of carbonyl (C=O) groups is 1. The minimum Gasteiger partial charge on any atom is -0.408 e. The number of nitrogens with one attached hydrogen (secondary N) is 1. The van der Waals surface area contributed by atoms with Gasteiger partial charge in [-0.3, -0.25) is 9.78 Å². The zero-order valence-corrected chi connectivity index (χ0v) is 20.7. The van der Waals surface area contributed by atoms with Gasteiger partial charge in [0.05, 0.1) is 23.7 Å². The van der Waals surface area contributed by atoms with Crippen LogP contribution in [-0.2, 0) is 33.4 Å². The molecule has 0 bridgehead atoms. The number of alkyl halides is 3.